The molecule has 13 heteroatoms. The molecule has 0 aliphatic carbocycles. The summed E-state index contributed by atoms with van der Waals surface area (Å²) in [5.41, 5.74) is 0. The van der Waals surface area contributed by atoms with Gasteiger partial charge in [0.05, 0.1) is 13.2 Å². The molecule has 0 aliphatic heterocycles. The Hall–Kier alpha value is -1.56. The number of aliphatic hydroxyl groups is 2. The van der Waals surface area contributed by atoms with Crippen molar-refractivity contribution in [2.75, 3.05) is 45.8 Å². The molecule has 2 N–H and O–H groups in total. The zero-order valence-electron chi connectivity index (χ0n) is 18.6. The predicted molar refractivity (Wildman–Crippen MR) is 108 cm³/mol. The predicted octanol–water partition coefficient (Wildman–Crippen LogP) is 0.292. The van der Waals surface area contributed by atoms with Gasteiger partial charge in [-0.15, -0.1) is 0 Å². The highest BCUT2D eigenvalue weighted by Crippen LogP contribution is 2.48. The summed E-state index contributed by atoms with van der Waals surface area (Å²) in [7, 11) is -3.47. The Morgan fingerprint density at radius 1 is 0.839 bits per heavy atom. The topological polar surface area (TPSA) is 158 Å². The zero-order valence-corrected chi connectivity index (χ0v) is 19.5. The molecule has 12 nitrogen and oxygen atoms in total. The lowest BCUT2D eigenvalue weighted by atomic mass is 10.4. The van der Waals surface area contributed by atoms with Crippen LogP contribution in [0.4, 0.5) is 0 Å². The zero-order chi connectivity index (χ0) is 24.0. The van der Waals surface area contributed by atoms with E-state index in [0.717, 1.165) is 0 Å². The van der Waals surface area contributed by atoms with Gasteiger partial charge in [0.2, 0.25) is 0 Å². The van der Waals surface area contributed by atoms with E-state index in [0.29, 0.717) is 0 Å². The van der Waals surface area contributed by atoms with Crippen molar-refractivity contribution in [1.82, 2.24) is 4.90 Å². The van der Waals surface area contributed by atoms with Gasteiger partial charge < -0.3 is 33.5 Å². The van der Waals surface area contributed by atoms with E-state index in [4.69, 9.17) is 28.4 Å². The highest BCUT2D eigenvalue weighted by Gasteiger charge is 2.28. The molecule has 0 saturated heterocycles. The van der Waals surface area contributed by atoms with Gasteiger partial charge in [-0.25, -0.2) is 14.4 Å². The number of ether oxygens (including phenoxy) is 3. The molecular formula is C18H34NO11P. The summed E-state index contributed by atoms with van der Waals surface area (Å²) in [6.07, 6.45) is -4.02. The first kappa shape index (κ1) is 29.4. The molecular weight excluding hydrogens is 437 g/mol. The van der Waals surface area contributed by atoms with Crippen molar-refractivity contribution in [2.45, 2.75) is 52.9 Å². The van der Waals surface area contributed by atoms with Crippen LogP contribution >= 0.6 is 7.60 Å². The number of hydrogen-bond donors (Lipinski definition) is 2. The van der Waals surface area contributed by atoms with Crippen molar-refractivity contribution in [3.05, 3.63) is 0 Å². The van der Waals surface area contributed by atoms with Crippen LogP contribution in [0.3, 0.4) is 0 Å². The third kappa shape index (κ3) is 12.8. The number of rotatable bonds is 16. The van der Waals surface area contributed by atoms with E-state index in [2.05, 4.69) is 0 Å². The fraction of sp³-hybridized carbons (Fsp3) is 0.833. The monoisotopic (exact) mass is 471 g/mol. The minimum atomic E-state index is -3.47. The quantitative estimate of drug-likeness (QED) is 0.180. The molecule has 0 spiro atoms. The molecule has 0 bridgehead atoms. The minimum absolute atomic E-state index is 0.0825. The minimum Gasteiger partial charge on any atom is -0.462 e. The summed E-state index contributed by atoms with van der Waals surface area (Å²) in [6.45, 7) is 7.33. The van der Waals surface area contributed by atoms with E-state index < -0.39 is 43.8 Å². The number of nitrogens with zero attached hydrogens (tertiary/aromatic N) is 1. The molecule has 0 amide bonds. The van der Waals surface area contributed by atoms with Crippen molar-refractivity contribution in [3.63, 3.8) is 0 Å². The first-order valence-electron chi connectivity index (χ1n) is 9.96. The van der Waals surface area contributed by atoms with E-state index in [1.807, 2.05) is 0 Å². The third-order valence-corrected chi connectivity index (χ3v) is 5.69. The maximum Gasteiger partial charge on any atom is 0.347 e. The number of hydrogen-bond acceptors (Lipinski definition) is 12. The molecule has 3 atom stereocenters. The first-order valence-corrected chi connectivity index (χ1v) is 11.7. The van der Waals surface area contributed by atoms with Crippen LogP contribution in [-0.4, -0.2) is 97.1 Å². The summed E-state index contributed by atoms with van der Waals surface area (Å²) < 4.78 is 38.0. The number of aliphatic hydroxyl groups excluding tert-OH is 2. The maximum absolute atomic E-state index is 12.8. The van der Waals surface area contributed by atoms with Gasteiger partial charge in [-0.1, -0.05) is 0 Å². The van der Waals surface area contributed by atoms with Crippen LogP contribution in [0.25, 0.3) is 0 Å². The fourth-order valence-corrected chi connectivity index (χ4v) is 3.92. The van der Waals surface area contributed by atoms with E-state index in [9.17, 15) is 24.1 Å². The molecule has 0 heterocycles. The second kappa shape index (κ2) is 15.3. The first-order chi connectivity index (χ1) is 14.5. The molecule has 31 heavy (non-hydrogen) atoms. The third-order valence-electron chi connectivity index (χ3n) is 3.64. The lowest BCUT2D eigenvalue weighted by molar-refractivity contribution is -0.171. The van der Waals surface area contributed by atoms with E-state index in [1.54, 1.807) is 18.7 Å². The van der Waals surface area contributed by atoms with Crippen LogP contribution in [-0.2, 0) is 42.2 Å². The Balaban J connectivity index is 4.88. The lowest BCUT2D eigenvalue weighted by Crippen LogP contribution is -2.36. The molecule has 0 rings (SSSR count). The van der Waals surface area contributed by atoms with Gasteiger partial charge >= 0.3 is 25.5 Å². The summed E-state index contributed by atoms with van der Waals surface area (Å²) in [4.78, 5) is 36.2. The van der Waals surface area contributed by atoms with Crippen LogP contribution in [0.1, 0.15) is 34.6 Å². The van der Waals surface area contributed by atoms with E-state index >= 15 is 0 Å². The smallest absolute Gasteiger partial charge is 0.347 e. The lowest BCUT2D eigenvalue weighted by Gasteiger charge is -2.26. The van der Waals surface area contributed by atoms with Gasteiger partial charge in [0.15, 0.2) is 6.10 Å². The molecule has 3 unspecified atom stereocenters. The van der Waals surface area contributed by atoms with Crippen LogP contribution in [0.2, 0.25) is 0 Å². The highest BCUT2D eigenvalue weighted by molar-refractivity contribution is 7.53. The van der Waals surface area contributed by atoms with Crippen LogP contribution in [0.15, 0.2) is 0 Å². The summed E-state index contributed by atoms with van der Waals surface area (Å²) in [5.74, 6) is -2.59. The van der Waals surface area contributed by atoms with Crippen LogP contribution < -0.4 is 0 Å². The van der Waals surface area contributed by atoms with E-state index in [1.165, 1.54) is 20.8 Å². The van der Waals surface area contributed by atoms with E-state index in [-0.39, 0.29) is 45.8 Å². The molecule has 0 fully saturated rings. The molecule has 0 saturated carbocycles. The normalized spacial score (nSPS) is 14.6. The van der Waals surface area contributed by atoms with Crippen LogP contribution in [0.5, 0.6) is 0 Å². The van der Waals surface area contributed by atoms with Crippen molar-refractivity contribution in [3.8, 4) is 0 Å². The standard InChI is InChI=1S/C18H34NO11P/c1-6-28-31(25,29-7-2)12-19(8-10-26-16(22)13(3)20)9-11-27-18(24)15(5)30-17(23)14(4)21/h13-15,20-21H,6-12H2,1-5H3. The summed E-state index contributed by atoms with van der Waals surface area (Å²) in [6, 6.07) is 0. The van der Waals surface area contributed by atoms with Gasteiger partial charge in [-0.3, -0.25) is 9.46 Å². The second-order valence-electron chi connectivity index (χ2n) is 6.47. The fourth-order valence-electron chi connectivity index (χ4n) is 2.12. The van der Waals surface area contributed by atoms with Gasteiger partial charge in [-0.2, -0.15) is 0 Å². The summed E-state index contributed by atoms with van der Waals surface area (Å²) >= 11 is 0. The van der Waals surface area contributed by atoms with Gasteiger partial charge in [0, 0.05) is 13.1 Å². The number of carbonyl (C=O) groups is 3. The largest absolute Gasteiger partial charge is 0.462 e. The summed E-state index contributed by atoms with van der Waals surface area (Å²) in [5, 5.41) is 18.3. The second-order valence-corrected chi connectivity index (χ2v) is 8.49. The van der Waals surface area contributed by atoms with Crippen molar-refractivity contribution in [1.29, 1.82) is 0 Å². The number of esters is 3. The van der Waals surface area contributed by atoms with Gasteiger partial charge in [0.25, 0.3) is 0 Å². The van der Waals surface area contributed by atoms with Gasteiger partial charge in [-0.05, 0) is 34.6 Å². The molecule has 0 aliphatic rings. The molecule has 0 aromatic heterocycles. The van der Waals surface area contributed by atoms with Crippen molar-refractivity contribution in [2.24, 2.45) is 0 Å². The molecule has 182 valence electrons. The van der Waals surface area contributed by atoms with Crippen molar-refractivity contribution >= 4 is 25.5 Å². The van der Waals surface area contributed by atoms with Crippen LogP contribution in [0, 0.1) is 0 Å². The average molecular weight is 471 g/mol. The average Bonchev–Trinajstić information content (AvgIpc) is 2.67. The maximum atomic E-state index is 12.8. The SMILES string of the molecule is CCOP(=O)(CN(CCOC(=O)C(C)O)CCOC(=O)C(C)OC(=O)C(C)O)OCC. The Kier molecular flexibility index (Phi) is 14.5. The Morgan fingerprint density at radius 3 is 1.71 bits per heavy atom. The Morgan fingerprint density at radius 2 is 1.29 bits per heavy atom. The number of carbonyl (C=O) groups excluding carboxylic acids is 3. The van der Waals surface area contributed by atoms with Gasteiger partial charge in [0.1, 0.15) is 31.7 Å². The Labute approximate surface area is 182 Å². The Bertz CT molecular complexity index is 601. The highest BCUT2D eigenvalue weighted by atomic mass is 31.2. The molecule has 0 radical (unpaired) electrons. The van der Waals surface area contributed by atoms with Crippen molar-refractivity contribution < 1.29 is 52.4 Å². The molecule has 0 aromatic carbocycles. The molecule has 0 aromatic rings.